The number of halogens is 1. The normalized spacial score (nSPS) is 24.6. The van der Waals surface area contributed by atoms with E-state index in [1.165, 1.54) is 32.0 Å². The predicted octanol–water partition coefficient (Wildman–Crippen LogP) is 2.73. The Morgan fingerprint density at radius 3 is 2.59 bits per heavy atom. The first-order chi connectivity index (χ1) is 8.09. The number of hydrogen-bond acceptors (Lipinski definition) is 4. The summed E-state index contributed by atoms with van der Waals surface area (Å²) >= 11 is 6.14. The molecule has 0 bridgehead atoms. The summed E-state index contributed by atoms with van der Waals surface area (Å²) in [5.74, 6) is 1.94. The zero-order valence-electron chi connectivity index (χ0n) is 10.4. The van der Waals surface area contributed by atoms with Gasteiger partial charge in [-0.05, 0) is 31.6 Å². The molecular weight excluding hydrogens is 236 g/mol. The summed E-state index contributed by atoms with van der Waals surface area (Å²) in [5.41, 5.74) is 5.70. The Hall–Kier alpha value is -1.03. The third-order valence-electron chi connectivity index (χ3n) is 3.67. The van der Waals surface area contributed by atoms with Gasteiger partial charge in [0.2, 0.25) is 0 Å². The van der Waals surface area contributed by atoms with Gasteiger partial charge in [0.15, 0.2) is 5.82 Å². The van der Waals surface area contributed by atoms with E-state index < -0.39 is 0 Å². The van der Waals surface area contributed by atoms with Gasteiger partial charge in [0.1, 0.15) is 17.2 Å². The van der Waals surface area contributed by atoms with Gasteiger partial charge in [0, 0.05) is 13.1 Å². The molecule has 0 spiro atoms. The molecule has 1 aliphatic carbocycles. The van der Waals surface area contributed by atoms with Crippen molar-refractivity contribution in [3.63, 3.8) is 0 Å². The van der Waals surface area contributed by atoms with Crippen molar-refractivity contribution in [2.45, 2.75) is 38.6 Å². The first-order valence-electron chi connectivity index (χ1n) is 6.08. The molecular formula is C12H19ClN4. The third-order valence-corrected chi connectivity index (χ3v) is 4.03. The lowest BCUT2D eigenvalue weighted by Crippen LogP contribution is -2.35. The summed E-state index contributed by atoms with van der Waals surface area (Å²) in [6.45, 7) is 2.31. The van der Waals surface area contributed by atoms with E-state index in [1.54, 1.807) is 0 Å². The van der Waals surface area contributed by atoms with E-state index in [1.807, 2.05) is 7.05 Å². The van der Waals surface area contributed by atoms with Gasteiger partial charge in [0.25, 0.3) is 0 Å². The number of nitrogens with zero attached hydrogens (tertiary/aromatic N) is 3. The van der Waals surface area contributed by atoms with Gasteiger partial charge in [-0.25, -0.2) is 9.97 Å². The molecule has 1 aliphatic rings. The fourth-order valence-corrected chi connectivity index (χ4v) is 2.65. The molecule has 0 aromatic carbocycles. The Morgan fingerprint density at radius 1 is 1.29 bits per heavy atom. The van der Waals surface area contributed by atoms with E-state index in [4.69, 9.17) is 17.3 Å². The minimum atomic E-state index is 0.354. The van der Waals surface area contributed by atoms with Gasteiger partial charge in [-0.15, -0.1) is 0 Å². The van der Waals surface area contributed by atoms with Crippen molar-refractivity contribution in [1.82, 2.24) is 9.97 Å². The van der Waals surface area contributed by atoms with E-state index in [2.05, 4.69) is 21.8 Å². The smallest absolute Gasteiger partial charge is 0.153 e. The highest BCUT2D eigenvalue weighted by molar-refractivity contribution is 6.35. The molecule has 1 heterocycles. The van der Waals surface area contributed by atoms with Crippen molar-refractivity contribution < 1.29 is 0 Å². The Balaban J connectivity index is 2.14. The van der Waals surface area contributed by atoms with Crippen LogP contribution in [0.4, 0.5) is 11.6 Å². The summed E-state index contributed by atoms with van der Waals surface area (Å²) in [7, 11) is 2.04. The molecule has 2 rings (SSSR count). The van der Waals surface area contributed by atoms with Crippen LogP contribution in [0.25, 0.3) is 0 Å². The second-order valence-corrected chi connectivity index (χ2v) is 5.30. The monoisotopic (exact) mass is 254 g/mol. The summed E-state index contributed by atoms with van der Waals surface area (Å²) in [4.78, 5) is 10.3. The topological polar surface area (TPSA) is 55.0 Å². The second kappa shape index (κ2) is 5.08. The van der Waals surface area contributed by atoms with Crippen LogP contribution >= 0.6 is 11.6 Å². The number of hydrogen-bond donors (Lipinski definition) is 1. The van der Waals surface area contributed by atoms with Gasteiger partial charge in [-0.1, -0.05) is 18.5 Å². The fourth-order valence-electron chi connectivity index (χ4n) is 2.42. The summed E-state index contributed by atoms with van der Waals surface area (Å²) in [5, 5.41) is 0.466. The van der Waals surface area contributed by atoms with Crippen molar-refractivity contribution in [3.05, 3.63) is 11.3 Å². The van der Waals surface area contributed by atoms with Crippen molar-refractivity contribution in [1.29, 1.82) is 0 Å². The van der Waals surface area contributed by atoms with Crippen LogP contribution in [0.2, 0.25) is 5.02 Å². The molecule has 0 atom stereocenters. The largest absolute Gasteiger partial charge is 0.382 e. The molecule has 2 N–H and O–H groups in total. The molecule has 0 amide bonds. The molecule has 0 radical (unpaired) electrons. The number of nitrogens with two attached hydrogens (primary N) is 1. The number of anilines is 2. The van der Waals surface area contributed by atoms with Crippen LogP contribution in [0.5, 0.6) is 0 Å². The Labute approximate surface area is 107 Å². The zero-order chi connectivity index (χ0) is 12.4. The summed E-state index contributed by atoms with van der Waals surface area (Å²) < 4.78 is 0. The Kier molecular flexibility index (Phi) is 3.72. The zero-order valence-corrected chi connectivity index (χ0v) is 11.1. The maximum atomic E-state index is 6.14. The maximum Gasteiger partial charge on any atom is 0.153 e. The van der Waals surface area contributed by atoms with E-state index in [0.717, 1.165) is 11.7 Å². The van der Waals surface area contributed by atoms with Crippen molar-refractivity contribution in [3.8, 4) is 0 Å². The molecule has 1 fully saturated rings. The van der Waals surface area contributed by atoms with Crippen LogP contribution in [0, 0.1) is 5.92 Å². The Bertz CT molecular complexity index is 388. The minimum absolute atomic E-state index is 0.354. The lowest BCUT2D eigenvalue weighted by molar-refractivity contribution is 0.340. The maximum absolute atomic E-state index is 6.14. The molecule has 94 valence electrons. The fraction of sp³-hybridized carbons (Fsp3) is 0.667. The first-order valence-corrected chi connectivity index (χ1v) is 6.46. The minimum Gasteiger partial charge on any atom is -0.382 e. The van der Waals surface area contributed by atoms with Crippen LogP contribution in [-0.4, -0.2) is 23.1 Å². The molecule has 4 nitrogen and oxygen atoms in total. The average Bonchev–Trinajstić information content (AvgIpc) is 2.33. The molecule has 0 saturated heterocycles. The molecule has 1 aromatic rings. The van der Waals surface area contributed by atoms with Gasteiger partial charge in [-0.3, -0.25) is 0 Å². The summed E-state index contributed by atoms with van der Waals surface area (Å²) in [6, 6.07) is 0.512. The standard InChI is InChI=1S/C12H19ClN4/c1-8-3-5-9(6-4-8)17(2)12-10(13)11(14)15-7-16-12/h7-9H,3-6H2,1-2H3,(H2,14,15,16). The van der Waals surface area contributed by atoms with E-state index >= 15 is 0 Å². The van der Waals surface area contributed by atoms with Gasteiger partial charge in [0.05, 0.1) is 0 Å². The number of nitrogen functional groups attached to an aromatic ring is 1. The van der Waals surface area contributed by atoms with E-state index in [9.17, 15) is 0 Å². The highest BCUT2D eigenvalue weighted by Gasteiger charge is 2.24. The SMILES string of the molecule is CC1CCC(N(C)c2ncnc(N)c2Cl)CC1. The molecule has 1 saturated carbocycles. The molecule has 0 aliphatic heterocycles. The summed E-state index contributed by atoms with van der Waals surface area (Å²) in [6.07, 6.45) is 6.40. The number of rotatable bonds is 2. The number of aromatic nitrogens is 2. The molecule has 0 unspecified atom stereocenters. The third kappa shape index (κ3) is 2.63. The molecule has 5 heteroatoms. The van der Waals surface area contributed by atoms with E-state index in [0.29, 0.717) is 16.9 Å². The van der Waals surface area contributed by atoms with Crippen LogP contribution in [0.1, 0.15) is 32.6 Å². The van der Waals surface area contributed by atoms with Crippen molar-refractivity contribution in [2.75, 3.05) is 17.7 Å². The van der Waals surface area contributed by atoms with Crippen LogP contribution in [0.15, 0.2) is 6.33 Å². The average molecular weight is 255 g/mol. The molecule has 1 aromatic heterocycles. The van der Waals surface area contributed by atoms with Gasteiger partial charge < -0.3 is 10.6 Å². The lowest BCUT2D eigenvalue weighted by Gasteiger charge is -2.34. The highest BCUT2D eigenvalue weighted by Crippen LogP contribution is 2.32. The van der Waals surface area contributed by atoms with Gasteiger partial charge >= 0.3 is 0 Å². The predicted molar refractivity (Wildman–Crippen MR) is 71.3 cm³/mol. The van der Waals surface area contributed by atoms with Gasteiger partial charge in [-0.2, -0.15) is 0 Å². The lowest BCUT2D eigenvalue weighted by atomic mass is 9.87. The highest BCUT2D eigenvalue weighted by atomic mass is 35.5. The Morgan fingerprint density at radius 2 is 1.94 bits per heavy atom. The van der Waals surface area contributed by atoms with E-state index in [-0.39, 0.29) is 0 Å². The van der Waals surface area contributed by atoms with Crippen molar-refractivity contribution in [2.24, 2.45) is 5.92 Å². The second-order valence-electron chi connectivity index (χ2n) is 4.92. The van der Waals surface area contributed by atoms with Crippen molar-refractivity contribution >= 4 is 23.2 Å². The first kappa shape index (κ1) is 12.4. The van der Waals surface area contributed by atoms with Crippen LogP contribution < -0.4 is 10.6 Å². The van der Waals surface area contributed by atoms with Crippen LogP contribution in [0.3, 0.4) is 0 Å². The quantitative estimate of drug-likeness (QED) is 0.882. The van der Waals surface area contributed by atoms with Crippen LogP contribution in [-0.2, 0) is 0 Å². The molecule has 17 heavy (non-hydrogen) atoms.